The van der Waals surface area contributed by atoms with E-state index in [0.717, 1.165) is 23.1 Å². The van der Waals surface area contributed by atoms with E-state index in [9.17, 15) is 18.0 Å². The zero-order valence-electron chi connectivity index (χ0n) is 17.3. The van der Waals surface area contributed by atoms with Crippen LogP contribution in [0.1, 0.15) is 16.7 Å². The number of rotatable bonds is 4. The monoisotopic (exact) mass is 454 g/mol. The molecule has 0 atom stereocenters. The Bertz CT molecular complexity index is 1350. The largest absolute Gasteiger partial charge is 0.467 e. The van der Waals surface area contributed by atoms with E-state index in [1.807, 2.05) is 6.07 Å². The van der Waals surface area contributed by atoms with Crippen LogP contribution in [0.2, 0.25) is 0 Å². The van der Waals surface area contributed by atoms with E-state index in [1.165, 1.54) is 18.1 Å². The van der Waals surface area contributed by atoms with Crippen molar-refractivity contribution in [3.63, 3.8) is 0 Å². The summed E-state index contributed by atoms with van der Waals surface area (Å²) in [6.07, 6.45) is -1.24. The number of benzene rings is 2. The number of methoxy groups -OCH3 is 1. The summed E-state index contributed by atoms with van der Waals surface area (Å²) in [7, 11) is 1.48. The van der Waals surface area contributed by atoms with Crippen molar-refractivity contribution in [2.75, 3.05) is 12.4 Å². The van der Waals surface area contributed by atoms with Gasteiger partial charge in [-0.15, -0.1) is 0 Å². The molecule has 0 fully saturated rings. The van der Waals surface area contributed by atoms with Crippen LogP contribution in [0.15, 0.2) is 48.8 Å². The predicted octanol–water partition coefficient (Wildman–Crippen LogP) is 4.60. The quantitative estimate of drug-likeness (QED) is 0.470. The van der Waals surface area contributed by atoms with Gasteiger partial charge in [-0.05, 0) is 35.4 Å². The average Bonchev–Trinajstić information content (AvgIpc) is 3.20. The number of anilines is 1. The Morgan fingerprint density at radius 2 is 1.94 bits per heavy atom. The fraction of sp³-hybridized carbons (Fsp3) is 0.182. The lowest BCUT2D eigenvalue weighted by Crippen LogP contribution is -2.38. The molecule has 8 nitrogen and oxygen atoms in total. The van der Waals surface area contributed by atoms with Crippen molar-refractivity contribution in [3.8, 4) is 17.3 Å². The Morgan fingerprint density at radius 1 is 1.15 bits per heavy atom. The molecular formula is C22H17F3N6O2. The minimum absolute atomic E-state index is 0.0395. The molecule has 2 aromatic heterocycles. The Balaban J connectivity index is 1.45. The lowest BCUT2D eigenvalue weighted by molar-refractivity contribution is -0.137. The molecule has 0 unspecified atom stereocenters. The number of ether oxygens (including phenoxy) is 1. The van der Waals surface area contributed by atoms with Crippen LogP contribution in [0.25, 0.3) is 22.2 Å². The number of carbonyl (C=O) groups excluding carboxylic acids is 1. The number of aromatic nitrogens is 4. The first-order valence-corrected chi connectivity index (χ1v) is 9.91. The first-order chi connectivity index (χ1) is 15.8. The topological polar surface area (TPSA) is 96.0 Å². The number of hydrogen-bond donors (Lipinski definition) is 2. The third kappa shape index (κ3) is 3.93. The average molecular weight is 454 g/mol. The molecule has 0 saturated heterocycles. The van der Waals surface area contributed by atoms with Crippen molar-refractivity contribution in [2.45, 2.75) is 19.3 Å². The fourth-order valence-corrected chi connectivity index (χ4v) is 3.79. The molecule has 0 spiro atoms. The van der Waals surface area contributed by atoms with Gasteiger partial charge in [-0.2, -0.15) is 18.3 Å². The standard InChI is InChI=1S/C22H17F3N6O2/c1-33-20-26-8-14(9-27-20)19-16-6-13-11-31(21(32)28-17(13)7-18(16)29-30-19)10-12-3-2-4-15(5-12)22(23,24)25/h2-9H,10-11H2,1H3,(H,28,32)(H,29,30). The molecule has 2 N–H and O–H groups in total. The van der Waals surface area contributed by atoms with Crippen molar-refractivity contribution in [1.82, 2.24) is 25.1 Å². The highest BCUT2D eigenvalue weighted by Gasteiger charge is 2.31. The SMILES string of the molecule is COc1ncc(-c2n[nH]c3cc4c(cc23)CN(Cc2cccc(C(F)(F)F)c2)C(=O)N4)cn1. The number of urea groups is 1. The van der Waals surface area contributed by atoms with Crippen LogP contribution in [-0.2, 0) is 19.3 Å². The summed E-state index contributed by atoms with van der Waals surface area (Å²) in [4.78, 5) is 22.3. The van der Waals surface area contributed by atoms with Gasteiger partial charge in [-0.1, -0.05) is 12.1 Å². The Morgan fingerprint density at radius 3 is 2.67 bits per heavy atom. The van der Waals surface area contributed by atoms with Crippen LogP contribution in [0.3, 0.4) is 0 Å². The van der Waals surface area contributed by atoms with Crippen LogP contribution in [0.4, 0.5) is 23.7 Å². The predicted molar refractivity (Wildman–Crippen MR) is 113 cm³/mol. The second-order valence-corrected chi connectivity index (χ2v) is 7.57. The molecule has 0 saturated carbocycles. The summed E-state index contributed by atoms with van der Waals surface area (Å²) in [5.41, 5.74) is 3.11. The number of amides is 2. The number of hydrogen-bond acceptors (Lipinski definition) is 5. The lowest BCUT2D eigenvalue weighted by atomic mass is 10.0. The first-order valence-electron chi connectivity index (χ1n) is 9.91. The van der Waals surface area contributed by atoms with E-state index in [1.54, 1.807) is 24.5 Å². The van der Waals surface area contributed by atoms with Gasteiger partial charge in [0.15, 0.2) is 0 Å². The zero-order chi connectivity index (χ0) is 23.2. The zero-order valence-corrected chi connectivity index (χ0v) is 17.3. The van der Waals surface area contributed by atoms with Crippen molar-refractivity contribution < 1.29 is 22.7 Å². The molecular weight excluding hydrogens is 437 g/mol. The van der Waals surface area contributed by atoms with Crippen LogP contribution in [-0.4, -0.2) is 38.2 Å². The Hall–Kier alpha value is -4.15. The molecule has 3 heterocycles. The highest BCUT2D eigenvalue weighted by molar-refractivity contribution is 5.99. The number of carbonyl (C=O) groups is 1. The van der Waals surface area contributed by atoms with Gasteiger partial charge in [-0.3, -0.25) is 5.10 Å². The van der Waals surface area contributed by atoms with Gasteiger partial charge in [0.25, 0.3) is 0 Å². The normalized spacial score (nSPS) is 13.7. The molecule has 2 amide bonds. The lowest BCUT2D eigenvalue weighted by Gasteiger charge is -2.29. The van der Waals surface area contributed by atoms with Crippen LogP contribution >= 0.6 is 0 Å². The third-order valence-corrected chi connectivity index (χ3v) is 5.39. The Kier molecular flexibility index (Phi) is 4.88. The summed E-state index contributed by atoms with van der Waals surface area (Å²) in [5, 5.41) is 10.9. The second kappa shape index (κ2) is 7.76. The smallest absolute Gasteiger partial charge is 0.416 e. The number of nitrogens with one attached hydrogen (secondary N) is 2. The molecule has 4 aromatic rings. The molecule has 0 bridgehead atoms. The highest BCUT2D eigenvalue weighted by atomic mass is 19.4. The summed E-state index contributed by atoms with van der Waals surface area (Å²) in [6, 6.07) is 8.51. The number of aromatic amines is 1. The molecule has 1 aliphatic heterocycles. The minimum atomic E-state index is -4.44. The maximum Gasteiger partial charge on any atom is 0.416 e. The van der Waals surface area contributed by atoms with E-state index in [-0.39, 0.29) is 25.1 Å². The summed E-state index contributed by atoms with van der Waals surface area (Å²) in [5.74, 6) is 0. The van der Waals surface area contributed by atoms with Crippen LogP contribution < -0.4 is 10.1 Å². The number of nitrogens with zero attached hydrogens (tertiary/aromatic N) is 4. The van der Waals surface area contributed by atoms with E-state index in [4.69, 9.17) is 4.74 Å². The molecule has 1 aliphatic rings. The van der Waals surface area contributed by atoms with Gasteiger partial charge in [0.1, 0.15) is 5.69 Å². The highest BCUT2D eigenvalue weighted by Crippen LogP contribution is 2.34. The van der Waals surface area contributed by atoms with Crippen molar-refractivity contribution in [1.29, 1.82) is 0 Å². The number of alkyl halides is 3. The summed E-state index contributed by atoms with van der Waals surface area (Å²) < 4.78 is 44.1. The van der Waals surface area contributed by atoms with Gasteiger partial charge in [0.2, 0.25) is 0 Å². The van der Waals surface area contributed by atoms with Crippen molar-refractivity contribution in [2.24, 2.45) is 0 Å². The van der Waals surface area contributed by atoms with E-state index >= 15 is 0 Å². The maximum absolute atomic E-state index is 13.0. The van der Waals surface area contributed by atoms with Crippen LogP contribution in [0.5, 0.6) is 6.01 Å². The van der Waals surface area contributed by atoms with E-state index < -0.39 is 11.7 Å². The van der Waals surface area contributed by atoms with Gasteiger partial charge in [-0.25, -0.2) is 14.8 Å². The third-order valence-electron chi connectivity index (χ3n) is 5.39. The number of halogens is 3. The van der Waals surface area contributed by atoms with Gasteiger partial charge >= 0.3 is 18.2 Å². The minimum Gasteiger partial charge on any atom is -0.467 e. The summed E-state index contributed by atoms with van der Waals surface area (Å²) in [6.45, 7) is 0.273. The maximum atomic E-state index is 13.0. The van der Waals surface area contributed by atoms with Gasteiger partial charge < -0.3 is 15.0 Å². The van der Waals surface area contributed by atoms with Crippen molar-refractivity contribution in [3.05, 3.63) is 65.5 Å². The van der Waals surface area contributed by atoms with Crippen molar-refractivity contribution >= 4 is 22.6 Å². The molecule has 33 heavy (non-hydrogen) atoms. The molecule has 11 heteroatoms. The van der Waals surface area contributed by atoms with Gasteiger partial charge in [0, 0.05) is 42.1 Å². The Labute approximate surface area is 185 Å². The second-order valence-electron chi connectivity index (χ2n) is 7.57. The fourth-order valence-electron chi connectivity index (χ4n) is 3.79. The molecule has 2 aromatic carbocycles. The number of fused-ring (bicyclic) bond motifs is 2. The van der Waals surface area contributed by atoms with E-state index in [0.29, 0.717) is 28.0 Å². The first kappa shape index (κ1) is 20.7. The van der Waals surface area contributed by atoms with Crippen LogP contribution in [0, 0.1) is 0 Å². The molecule has 5 rings (SSSR count). The molecule has 168 valence electrons. The van der Waals surface area contributed by atoms with Gasteiger partial charge in [0.05, 0.1) is 18.2 Å². The molecule has 0 aliphatic carbocycles. The number of H-pyrrole nitrogens is 1. The molecule has 0 radical (unpaired) electrons. The summed E-state index contributed by atoms with van der Waals surface area (Å²) >= 11 is 0. The van der Waals surface area contributed by atoms with E-state index in [2.05, 4.69) is 25.5 Å².